The van der Waals surface area contributed by atoms with Crippen LogP contribution in [0.4, 0.5) is 24.5 Å². The fourth-order valence-corrected chi connectivity index (χ4v) is 2.88. The molecule has 0 aliphatic carbocycles. The molecule has 1 N–H and O–H groups in total. The van der Waals surface area contributed by atoms with Crippen molar-refractivity contribution in [3.63, 3.8) is 0 Å². The van der Waals surface area contributed by atoms with Crippen LogP contribution in [0.3, 0.4) is 0 Å². The van der Waals surface area contributed by atoms with Gasteiger partial charge in [0.25, 0.3) is 0 Å². The second kappa shape index (κ2) is 7.58. The van der Waals surface area contributed by atoms with Gasteiger partial charge in [-0.1, -0.05) is 18.2 Å². The normalized spacial score (nSPS) is 13.0. The molecule has 1 aliphatic rings. The predicted octanol–water partition coefficient (Wildman–Crippen LogP) is 3.50. The first kappa shape index (κ1) is 18.6. The fourth-order valence-electron chi connectivity index (χ4n) is 2.88. The molecule has 140 valence electrons. The molecule has 0 atom stereocenters. The van der Waals surface area contributed by atoms with E-state index in [9.17, 15) is 18.0 Å². The van der Waals surface area contributed by atoms with Crippen molar-refractivity contribution >= 4 is 17.3 Å². The summed E-state index contributed by atoms with van der Waals surface area (Å²) in [6, 6.07) is 13.6. The number of alkyl halides is 3. The van der Waals surface area contributed by atoms with Crippen molar-refractivity contribution in [1.82, 2.24) is 0 Å². The lowest BCUT2D eigenvalue weighted by atomic mass is 10.2. The molecule has 1 aliphatic heterocycles. The molecule has 0 fully saturated rings. The monoisotopic (exact) mass is 375 g/mol. The number of halogens is 3. The summed E-state index contributed by atoms with van der Waals surface area (Å²) in [5, 5.41) is 12.0. The first-order chi connectivity index (χ1) is 12.9. The van der Waals surface area contributed by atoms with Crippen molar-refractivity contribution in [3.05, 3.63) is 53.6 Å². The van der Waals surface area contributed by atoms with E-state index in [1.54, 1.807) is 11.0 Å². The van der Waals surface area contributed by atoms with Gasteiger partial charge in [-0.25, -0.2) is 0 Å². The van der Waals surface area contributed by atoms with Gasteiger partial charge in [0.15, 0.2) is 6.61 Å². The van der Waals surface area contributed by atoms with Crippen LogP contribution >= 0.6 is 0 Å². The Balaban J connectivity index is 1.63. The predicted molar refractivity (Wildman–Crippen MR) is 93.7 cm³/mol. The number of para-hydroxylation sites is 1. The van der Waals surface area contributed by atoms with Gasteiger partial charge >= 0.3 is 6.18 Å². The number of nitriles is 1. The SMILES string of the molecule is N#Cc1cc(NCC(=O)N2CCc3ccccc32)ccc1OCC(F)(F)F. The van der Waals surface area contributed by atoms with Crippen molar-refractivity contribution in [3.8, 4) is 11.8 Å². The van der Waals surface area contributed by atoms with E-state index in [0.717, 1.165) is 17.7 Å². The highest BCUT2D eigenvalue weighted by Gasteiger charge is 2.29. The summed E-state index contributed by atoms with van der Waals surface area (Å²) in [5.41, 5.74) is 2.41. The molecular formula is C19H16F3N3O2. The number of rotatable bonds is 5. The number of hydrogen-bond acceptors (Lipinski definition) is 4. The summed E-state index contributed by atoms with van der Waals surface area (Å²) in [4.78, 5) is 14.2. The molecule has 27 heavy (non-hydrogen) atoms. The highest BCUT2D eigenvalue weighted by molar-refractivity contribution is 5.98. The molecule has 0 saturated carbocycles. The average Bonchev–Trinajstić information content (AvgIpc) is 3.08. The van der Waals surface area contributed by atoms with E-state index in [4.69, 9.17) is 5.26 Å². The maximum Gasteiger partial charge on any atom is 0.422 e. The lowest BCUT2D eigenvalue weighted by Crippen LogP contribution is -2.34. The molecular weight excluding hydrogens is 359 g/mol. The molecule has 2 aromatic rings. The maximum atomic E-state index is 12.5. The van der Waals surface area contributed by atoms with Gasteiger partial charge in [-0.05, 0) is 36.2 Å². The molecule has 1 heterocycles. The molecule has 5 nitrogen and oxygen atoms in total. The molecule has 0 spiro atoms. The van der Waals surface area contributed by atoms with E-state index in [-0.39, 0.29) is 23.8 Å². The molecule has 0 aromatic heterocycles. The standard InChI is InChI=1S/C19H16F3N3O2/c20-19(21,22)12-27-17-6-5-15(9-14(17)10-23)24-11-18(26)25-8-7-13-3-1-2-4-16(13)25/h1-6,9,24H,7-8,11-12H2. The third kappa shape index (κ3) is 4.50. The first-order valence-corrected chi connectivity index (χ1v) is 8.23. The number of carbonyl (C=O) groups excluding carboxylic acids is 1. The summed E-state index contributed by atoms with van der Waals surface area (Å²) in [5.74, 6) is -0.281. The van der Waals surface area contributed by atoms with Gasteiger partial charge in [-0.3, -0.25) is 4.79 Å². The Morgan fingerprint density at radius 2 is 2.04 bits per heavy atom. The second-order valence-electron chi connectivity index (χ2n) is 6.00. The summed E-state index contributed by atoms with van der Waals surface area (Å²) in [7, 11) is 0. The Kier molecular flexibility index (Phi) is 5.21. The minimum absolute atomic E-state index is 0.00194. The number of fused-ring (bicyclic) bond motifs is 1. The van der Waals surface area contributed by atoms with E-state index in [1.807, 2.05) is 24.3 Å². The maximum absolute atomic E-state index is 12.5. The van der Waals surface area contributed by atoms with Crippen LogP contribution in [0.2, 0.25) is 0 Å². The summed E-state index contributed by atoms with van der Waals surface area (Å²) in [6.07, 6.45) is -3.69. The first-order valence-electron chi connectivity index (χ1n) is 8.23. The lowest BCUT2D eigenvalue weighted by Gasteiger charge is -2.18. The number of anilines is 2. The highest BCUT2D eigenvalue weighted by Crippen LogP contribution is 2.28. The fraction of sp³-hybridized carbons (Fsp3) is 0.263. The molecule has 0 saturated heterocycles. The van der Waals surface area contributed by atoms with E-state index in [1.165, 1.54) is 18.2 Å². The number of carbonyl (C=O) groups is 1. The van der Waals surface area contributed by atoms with Crippen LogP contribution in [0.1, 0.15) is 11.1 Å². The van der Waals surface area contributed by atoms with Gasteiger partial charge in [0.2, 0.25) is 5.91 Å². The van der Waals surface area contributed by atoms with Crippen molar-refractivity contribution < 1.29 is 22.7 Å². The molecule has 0 unspecified atom stereocenters. The van der Waals surface area contributed by atoms with E-state index in [2.05, 4.69) is 10.1 Å². The van der Waals surface area contributed by atoms with Crippen molar-refractivity contribution in [2.45, 2.75) is 12.6 Å². The molecule has 2 aromatic carbocycles. The number of amides is 1. The summed E-state index contributed by atoms with van der Waals surface area (Å²) < 4.78 is 41.4. The topological polar surface area (TPSA) is 65.4 Å². The largest absolute Gasteiger partial charge is 0.483 e. The van der Waals surface area contributed by atoms with E-state index >= 15 is 0 Å². The zero-order valence-corrected chi connectivity index (χ0v) is 14.2. The van der Waals surface area contributed by atoms with Crippen LogP contribution in [0, 0.1) is 11.3 Å². The Bertz CT molecular complexity index is 890. The van der Waals surface area contributed by atoms with Crippen molar-refractivity contribution in [1.29, 1.82) is 5.26 Å². The number of nitrogens with one attached hydrogen (secondary N) is 1. The van der Waals surface area contributed by atoms with Gasteiger partial charge in [0, 0.05) is 17.9 Å². The third-order valence-corrected chi connectivity index (χ3v) is 4.12. The minimum atomic E-state index is -4.48. The Labute approximate surface area is 154 Å². The quantitative estimate of drug-likeness (QED) is 0.869. The number of hydrogen-bond donors (Lipinski definition) is 1. The summed E-state index contributed by atoms with van der Waals surface area (Å²) >= 11 is 0. The zero-order chi connectivity index (χ0) is 19.4. The molecule has 0 radical (unpaired) electrons. The van der Waals surface area contributed by atoms with Crippen LogP contribution in [0.5, 0.6) is 5.75 Å². The lowest BCUT2D eigenvalue weighted by molar-refractivity contribution is -0.153. The second-order valence-corrected chi connectivity index (χ2v) is 6.00. The van der Waals surface area contributed by atoms with Crippen LogP contribution in [-0.4, -0.2) is 31.8 Å². The number of nitrogens with zero attached hydrogens (tertiary/aromatic N) is 2. The van der Waals surface area contributed by atoms with E-state index < -0.39 is 12.8 Å². The Morgan fingerprint density at radius 1 is 1.26 bits per heavy atom. The van der Waals surface area contributed by atoms with Crippen LogP contribution in [0.15, 0.2) is 42.5 Å². The average molecular weight is 375 g/mol. The molecule has 3 rings (SSSR count). The minimum Gasteiger partial charge on any atom is -0.483 e. The smallest absolute Gasteiger partial charge is 0.422 e. The molecule has 0 bridgehead atoms. The van der Waals surface area contributed by atoms with Gasteiger partial charge < -0.3 is 15.0 Å². The van der Waals surface area contributed by atoms with Gasteiger partial charge in [-0.2, -0.15) is 18.4 Å². The molecule has 8 heteroatoms. The highest BCUT2D eigenvalue weighted by atomic mass is 19.4. The van der Waals surface area contributed by atoms with Gasteiger partial charge in [0.1, 0.15) is 11.8 Å². The van der Waals surface area contributed by atoms with Gasteiger partial charge in [0.05, 0.1) is 12.1 Å². The Hall–Kier alpha value is -3.21. The van der Waals surface area contributed by atoms with Crippen LogP contribution in [-0.2, 0) is 11.2 Å². The van der Waals surface area contributed by atoms with Crippen molar-refractivity contribution in [2.75, 3.05) is 29.9 Å². The van der Waals surface area contributed by atoms with E-state index in [0.29, 0.717) is 12.2 Å². The van der Waals surface area contributed by atoms with Crippen LogP contribution < -0.4 is 15.0 Å². The molecule has 1 amide bonds. The Morgan fingerprint density at radius 3 is 2.78 bits per heavy atom. The summed E-state index contributed by atoms with van der Waals surface area (Å²) in [6.45, 7) is -0.864. The van der Waals surface area contributed by atoms with Gasteiger partial charge in [-0.15, -0.1) is 0 Å². The number of benzene rings is 2. The number of ether oxygens (including phenoxy) is 1. The van der Waals surface area contributed by atoms with Crippen LogP contribution in [0.25, 0.3) is 0 Å². The zero-order valence-electron chi connectivity index (χ0n) is 14.2. The van der Waals surface area contributed by atoms with Crippen molar-refractivity contribution in [2.24, 2.45) is 0 Å². The third-order valence-electron chi connectivity index (χ3n) is 4.12.